The van der Waals surface area contributed by atoms with Gasteiger partial charge in [0.25, 0.3) is 11.5 Å². The molecule has 1 aliphatic rings. The molecule has 9 nitrogen and oxygen atoms in total. The van der Waals surface area contributed by atoms with Gasteiger partial charge in [-0.1, -0.05) is 0 Å². The summed E-state index contributed by atoms with van der Waals surface area (Å²) in [5.41, 5.74) is 0.898. The predicted molar refractivity (Wildman–Crippen MR) is 104 cm³/mol. The maximum Gasteiger partial charge on any atom is 0.265 e. The van der Waals surface area contributed by atoms with E-state index in [2.05, 4.69) is 10.3 Å². The second-order valence-corrected chi connectivity index (χ2v) is 8.63. The number of carbonyl (C=O) groups excluding carboxylic acids is 1. The molecule has 0 atom stereocenters. The first-order chi connectivity index (χ1) is 13.3. The van der Waals surface area contributed by atoms with Crippen molar-refractivity contribution in [2.24, 2.45) is 7.05 Å². The molecule has 0 unspecified atom stereocenters. The van der Waals surface area contributed by atoms with E-state index in [-0.39, 0.29) is 28.0 Å². The summed E-state index contributed by atoms with van der Waals surface area (Å²) in [7, 11) is -1.72. The minimum absolute atomic E-state index is 0.111. The van der Waals surface area contributed by atoms with Gasteiger partial charge in [-0.15, -0.1) is 0 Å². The molecular weight excluding hydrogens is 384 g/mol. The number of rotatable bonds is 3. The SMILES string of the molecule is Cc1oc2ncn(C)c(=O)c2c1C(=O)Nc1ccc(N2CCCS2(=O)=O)cc1. The van der Waals surface area contributed by atoms with Crippen molar-refractivity contribution in [1.82, 2.24) is 9.55 Å². The number of furan rings is 1. The van der Waals surface area contributed by atoms with Crippen LogP contribution in [-0.4, -0.2) is 36.2 Å². The van der Waals surface area contributed by atoms with E-state index >= 15 is 0 Å². The summed E-state index contributed by atoms with van der Waals surface area (Å²) in [5, 5.41) is 2.84. The minimum atomic E-state index is -3.26. The first-order valence-corrected chi connectivity index (χ1v) is 10.3. The van der Waals surface area contributed by atoms with E-state index in [1.165, 1.54) is 15.2 Å². The zero-order valence-corrected chi connectivity index (χ0v) is 16.1. The molecule has 0 saturated carbocycles. The minimum Gasteiger partial charge on any atom is -0.442 e. The molecule has 1 amide bonds. The van der Waals surface area contributed by atoms with E-state index in [1.807, 2.05) is 0 Å². The van der Waals surface area contributed by atoms with E-state index in [0.717, 1.165) is 0 Å². The van der Waals surface area contributed by atoms with Gasteiger partial charge in [0.1, 0.15) is 17.5 Å². The van der Waals surface area contributed by atoms with Gasteiger partial charge < -0.3 is 14.3 Å². The highest BCUT2D eigenvalue weighted by atomic mass is 32.2. The van der Waals surface area contributed by atoms with E-state index in [4.69, 9.17) is 4.42 Å². The van der Waals surface area contributed by atoms with E-state index in [0.29, 0.717) is 30.1 Å². The van der Waals surface area contributed by atoms with Crippen LogP contribution in [0.4, 0.5) is 11.4 Å². The van der Waals surface area contributed by atoms with E-state index in [1.54, 1.807) is 38.2 Å². The van der Waals surface area contributed by atoms with Crippen LogP contribution in [0.2, 0.25) is 0 Å². The zero-order valence-electron chi connectivity index (χ0n) is 15.3. The Labute approximate surface area is 160 Å². The van der Waals surface area contributed by atoms with Gasteiger partial charge in [-0.05, 0) is 37.6 Å². The van der Waals surface area contributed by atoms with Crippen molar-refractivity contribution in [3.63, 3.8) is 0 Å². The number of amides is 1. The van der Waals surface area contributed by atoms with Crippen LogP contribution in [0, 0.1) is 6.92 Å². The van der Waals surface area contributed by atoms with Crippen molar-refractivity contribution in [3.05, 3.63) is 52.3 Å². The quantitative estimate of drug-likeness (QED) is 0.712. The summed E-state index contributed by atoms with van der Waals surface area (Å²) >= 11 is 0. The summed E-state index contributed by atoms with van der Waals surface area (Å²) in [6.45, 7) is 2.04. The molecule has 1 aromatic carbocycles. The topological polar surface area (TPSA) is 115 Å². The van der Waals surface area contributed by atoms with Crippen LogP contribution in [0.3, 0.4) is 0 Å². The summed E-state index contributed by atoms with van der Waals surface area (Å²) in [5.74, 6) is -0.0626. The molecule has 3 aromatic rings. The van der Waals surface area contributed by atoms with Crippen LogP contribution in [0.25, 0.3) is 11.1 Å². The molecule has 1 saturated heterocycles. The Hall–Kier alpha value is -3.14. The average Bonchev–Trinajstić information content (AvgIpc) is 3.18. The van der Waals surface area contributed by atoms with Crippen LogP contribution in [0.1, 0.15) is 22.5 Å². The molecule has 0 spiro atoms. The van der Waals surface area contributed by atoms with Crippen molar-refractivity contribution < 1.29 is 17.6 Å². The Bertz CT molecular complexity index is 1240. The number of carbonyl (C=O) groups is 1. The molecule has 0 bridgehead atoms. The van der Waals surface area contributed by atoms with Crippen molar-refractivity contribution in [3.8, 4) is 0 Å². The van der Waals surface area contributed by atoms with Gasteiger partial charge in [-0.25, -0.2) is 13.4 Å². The third kappa shape index (κ3) is 2.95. The molecule has 0 radical (unpaired) electrons. The third-order valence-corrected chi connectivity index (χ3v) is 6.56. The number of aryl methyl sites for hydroxylation is 2. The molecule has 10 heteroatoms. The number of nitrogens with one attached hydrogen (secondary N) is 1. The van der Waals surface area contributed by atoms with Crippen molar-refractivity contribution in [2.75, 3.05) is 21.9 Å². The highest BCUT2D eigenvalue weighted by Crippen LogP contribution is 2.26. The summed E-state index contributed by atoms with van der Waals surface area (Å²) < 4.78 is 32.1. The molecule has 1 fully saturated rings. The lowest BCUT2D eigenvalue weighted by Gasteiger charge is -2.17. The van der Waals surface area contributed by atoms with E-state index < -0.39 is 15.9 Å². The Morgan fingerprint density at radius 1 is 1.25 bits per heavy atom. The van der Waals surface area contributed by atoms with Gasteiger partial charge in [-0.2, -0.15) is 0 Å². The third-order valence-electron chi connectivity index (χ3n) is 4.69. The monoisotopic (exact) mass is 402 g/mol. The normalized spacial score (nSPS) is 15.9. The summed E-state index contributed by atoms with van der Waals surface area (Å²) in [4.78, 5) is 29.2. The Kier molecular flexibility index (Phi) is 4.22. The molecule has 2 aromatic heterocycles. The van der Waals surface area contributed by atoms with Crippen molar-refractivity contribution >= 4 is 38.4 Å². The molecule has 3 heterocycles. The van der Waals surface area contributed by atoms with Crippen LogP contribution in [0.15, 0.2) is 39.8 Å². The number of aromatic nitrogens is 2. The largest absolute Gasteiger partial charge is 0.442 e. The number of sulfonamides is 1. The van der Waals surface area contributed by atoms with Crippen LogP contribution in [0.5, 0.6) is 0 Å². The van der Waals surface area contributed by atoms with Crippen molar-refractivity contribution in [1.29, 1.82) is 0 Å². The van der Waals surface area contributed by atoms with Gasteiger partial charge in [0.2, 0.25) is 15.7 Å². The Morgan fingerprint density at radius 2 is 1.96 bits per heavy atom. The molecular formula is C18H18N4O5S. The lowest BCUT2D eigenvalue weighted by molar-refractivity contribution is 0.102. The number of hydrogen-bond acceptors (Lipinski definition) is 6. The summed E-state index contributed by atoms with van der Waals surface area (Å²) in [6, 6.07) is 6.52. The Balaban J connectivity index is 1.63. The standard InChI is InChI=1S/C18H18N4O5S/c1-11-14(15-17(27-11)19-10-21(2)18(15)24)16(23)20-12-4-6-13(7-5-12)22-8-3-9-28(22,25)26/h4-7,10H,3,8-9H2,1-2H3,(H,20,23). The van der Waals surface area contributed by atoms with Crippen LogP contribution >= 0.6 is 0 Å². The van der Waals surface area contributed by atoms with Gasteiger partial charge in [-0.3, -0.25) is 13.9 Å². The number of nitrogens with zero attached hydrogens (tertiary/aromatic N) is 3. The molecule has 1 N–H and O–H groups in total. The maximum atomic E-state index is 12.8. The highest BCUT2D eigenvalue weighted by molar-refractivity contribution is 7.93. The summed E-state index contributed by atoms with van der Waals surface area (Å²) in [6.07, 6.45) is 1.93. The van der Waals surface area contributed by atoms with Gasteiger partial charge in [0, 0.05) is 19.3 Å². The lowest BCUT2D eigenvalue weighted by atomic mass is 10.1. The zero-order chi connectivity index (χ0) is 20.1. The molecule has 1 aliphatic heterocycles. The number of benzene rings is 1. The number of hydrogen-bond donors (Lipinski definition) is 1. The molecule has 28 heavy (non-hydrogen) atoms. The smallest absolute Gasteiger partial charge is 0.265 e. The van der Waals surface area contributed by atoms with Gasteiger partial charge in [0.15, 0.2) is 0 Å². The number of fused-ring (bicyclic) bond motifs is 1. The predicted octanol–water partition coefficient (Wildman–Crippen LogP) is 1.63. The first kappa shape index (κ1) is 18.2. The molecule has 146 valence electrons. The Morgan fingerprint density at radius 3 is 2.61 bits per heavy atom. The second kappa shape index (κ2) is 6.48. The highest BCUT2D eigenvalue weighted by Gasteiger charge is 2.28. The number of anilines is 2. The maximum absolute atomic E-state index is 12.8. The molecule has 4 rings (SSSR count). The fourth-order valence-corrected chi connectivity index (χ4v) is 4.86. The van der Waals surface area contributed by atoms with Crippen LogP contribution < -0.4 is 15.2 Å². The van der Waals surface area contributed by atoms with E-state index in [9.17, 15) is 18.0 Å². The second-order valence-electron chi connectivity index (χ2n) is 6.62. The lowest BCUT2D eigenvalue weighted by Crippen LogP contribution is -2.25. The average molecular weight is 402 g/mol. The fraction of sp³-hybridized carbons (Fsp3) is 0.278. The van der Waals surface area contributed by atoms with Crippen molar-refractivity contribution in [2.45, 2.75) is 13.3 Å². The van der Waals surface area contributed by atoms with Gasteiger partial charge >= 0.3 is 0 Å². The van der Waals surface area contributed by atoms with Crippen LogP contribution in [-0.2, 0) is 17.1 Å². The van der Waals surface area contributed by atoms with Gasteiger partial charge in [0.05, 0.1) is 17.0 Å². The first-order valence-electron chi connectivity index (χ1n) is 8.64. The fourth-order valence-electron chi connectivity index (χ4n) is 3.29. The molecule has 0 aliphatic carbocycles.